The third-order valence-corrected chi connectivity index (χ3v) is 2.93. The first-order valence-electron chi connectivity index (χ1n) is 5.81. The highest BCUT2D eigenvalue weighted by Gasteiger charge is 2.13. The molecule has 0 saturated heterocycles. The first-order valence-corrected chi connectivity index (χ1v) is 5.81. The molecule has 1 heterocycles. The molecule has 1 aliphatic heterocycles. The summed E-state index contributed by atoms with van der Waals surface area (Å²) in [5.41, 5.74) is 2.60. The Kier molecular flexibility index (Phi) is 8.00. The Labute approximate surface area is 121 Å². The monoisotopic (exact) mass is 289 g/mol. The zero-order valence-corrected chi connectivity index (χ0v) is 12.5. The lowest BCUT2D eigenvalue weighted by Crippen LogP contribution is -2.23. The molecule has 1 N–H and O–H groups in total. The number of hydrogen-bond acceptors (Lipinski definition) is 3. The molecule has 0 saturated carbocycles. The summed E-state index contributed by atoms with van der Waals surface area (Å²) in [4.78, 5) is 6.72. The number of hydrogen-bond donors (Lipinski definition) is 1. The van der Waals surface area contributed by atoms with Crippen molar-refractivity contribution in [3.63, 3.8) is 0 Å². The van der Waals surface area contributed by atoms with Gasteiger partial charge in [-0.1, -0.05) is 24.3 Å². The lowest BCUT2D eigenvalue weighted by atomic mass is 10.1. The molecule has 0 unspecified atom stereocenters. The maximum absolute atomic E-state index is 4.51. The number of nitrogens with one attached hydrogen (secondary N) is 1. The maximum Gasteiger partial charge on any atom is 0.130 e. The van der Waals surface area contributed by atoms with Gasteiger partial charge in [0, 0.05) is 19.2 Å². The molecular formula is C13H21Cl2N3. The predicted octanol–water partition coefficient (Wildman–Crippen LogP) is 1.98. The van der Waals surface area contributed by atoms with Gasteiger partial charge in [-0.05, 0) is 25.6 Å². The van der Waals surface area contributed by atoms with Crippen molar-refractivity contribution in [2.24, 2.45) is 4.99 Å². The van der Waals surface area contributed by atoms with E-state index in [2.05, 4.69) is 46.5 Å². The van der Waals surface area contributed by atoms with Crippen molar-refractivity contribution in [3.05, 3.63) is 35.4 Å². The van der Waals surface area contributed by atoms with E-state index in [1.165, 1.54) is 11.1 Å². The molecule has 0 amide bonds. The first-order chi connectivity index (χ1) is 7.81. The lowest BCUT2D eigenvalue weighted by molar-refractivity contribution is 0.557. The number of halogens is 2. The SMILES string of the molecule is CNCCc1ccc(C2=NCCN2C)cc1.Cl.Cl. The van der Waals surface area contributed by atoms with E-state index in [0.717, 1.165) is 31.9 Å². The molecule has 5 heteroatoms. The van der Waals surface area contributed by atoms with E-state index in [1.54, 1.807) is 0 Å². The summed E-state index contributed by atoms with van der Waals surface area (Å²) in [6.07, 6.45) is 1.08. The molecule has 0 fully saturated rings. The van der Waals surface area contributed by atoms with E-state index >= 15 is 0 Å². The fraction of sp³-hybridized carbons (Fsp3) is 0.462. The van der Waals surface area contributed by atoms with E-state index in [9.17, 15) is 0 Å². The van der Waals surface area contributed by atoms with Gasteiger partial charge in [-0.15, -0.1) is 24.8 Å². The molecule has 0 aromatic heterocycles. The number of nitrogens with zero attached hydrogens (tertiary/aromatic N) is 2. The van der Waals surface area contributed by atoms with Crippen molar-refractivity contribution in [3.8, 4) is 0 Å². The molecule has 3 nitrogen and oxygen atoms in total. The van der Waals surface area contributed by atoms with Crippen LogP contribution in [0.25, 0.3) is 0 Å². The van der Waals surface area contributed by atoms with Crippen LogP contribution in [0.3, 0.4) is 0 Å². The molecule has 0 aliphatic carbocycles. The first kappa shape index (κ1) is 17.2. The Balaban J connectivity index is 0.00000144. The molecular weight excluding hydrogens is 269 g/mol. The van der Waals surface area contributed by atoms with Crippen molar-refractivity contribution < 1.29 is 0 Å². The third kappa shape index (κ3) is 4.16. The topological polar surface area (TPSA) is 27.6 Å². The van der Waals surface area contributed by atoms with Crippen LogP contribution in [0, 0.1) is 0 Å². The number of amidine groups is 1. The smallest absolute Gasteiger partial charge is 0.130 e. The highest BCUT2D eigenvalue weighted by Crippen LogP contribution is 2.11. The number of aliphatic imine (C=N–C) groups is 1. The van der Waals surface area contributed by atoms with Crippen molar-refractivity contribution in [1.29, 1.82) is 0 Å². The minimum atomic E-state index is 0. The molecule has 0 spiro atoms. The van der Waals surface area contributed by atoms with Gasteiger partial charge in [0.25, 0.3) is 0 Å². The van der Waals surface area contributed by atoms with Crippen LogP contribution >= 0.6 is 24.8 Å². The van der Waals surface area contributed by atoms with Gasteiger partial charge in [0.2, 0.25) is 0 Å². The van der Waals surface area contributed by atoms with Crippen LogP contribution in [-0.4, -0.2) is 44.5 Å². The van der Waals surface area contributed by atoms with Crippen LogP contribution < -0.4 is 5.32 Å². The Morgan fingerprint density at radius 3 is 2.39 bits per heavy atom. The normalized spacial score (nSPS) is 13.7. The average molecular weight is 290 g/mol. The van der Waals surface area contributed by atoms with E-state index in [4.69, 9.17) is 0 Å². The Morgan fingerprint density at radius 1 is 1.22 bits per heavy atom. The predicted molar refractivity (Wildman–Crippen MR) is 82.6 cm³/mol. The Morgan fingerprint density at radius 2 is 1.89 bits per heavy atom. The van der Waals surface area contributed by atoms with Gasteiger partial charge >= 0.3 is 0 Å². The van der Waals surface area contributed by atoms with Gasteiger partial charge in [0.1, 0.15) is 5.84 Å². The standard InChI is InChI=1S/C13H19N3.2ClH/c1-14-8-7-11-3-5-12(6-4-11)13-15-9-10-16(13)2;;/h3-6,14H,7-10H2,1-2H3;2*1H. The van der Waals surface area contributed by atoms with Crippen LogP contribution in [0.15, 0.2) is 29.3 Å². The average Bonchev–Trinajstić information content (AvgIpc) is 2.74. The zero-order valence-electron chi connectivity index (χ0n) is 10.8. The molecule has 1 aliphatic rings. The van der Waals surface area contributed by atoms with Crippen LogP contribution in [0.4, 0.5) is 0 Å². The molecule has 0 bridgehead atoms. The van der Waals surface area contributed by atoms with Crippen molar-refractivity contribution >= 4 is 30.6 Å². The van der Waals surface area contributed by atoms with Gasteiger partial charge in [-0.3, -0.25) is 4.99 Å². The van der Waals surface area contributed by atoms with Gasteiger partial charge in [0.15, 0.2) is 0 Å². The second-order valence-corrected chi connectivity index (χ2v) is 4.18. The molecule has 18 heavy (non-hydrogen) atoms. The summed E-state index contributed by atoms with van der Waals surface area (Å²) in [6.45, 7) is 2.99. The summed E-state index contributed by atoms with van der Waals surface area (Å²) in [7, 11) is 4.08. The summed E-state index contributed by atoms with van der Waals surface area (Å²) in [5, 5.41) is 3.16. The molecule has 0 radical (unpaired) electrons. The summed E-state index contributed by atoms with van der Waals surface area (Å²) >= 11 is 0. The van der Waals surface area contributed by atoms with Crippen LogP contribution in [0.2, 0.25) is 0 Å². The lowest BCUT2D eigenvalue weighted by Gasteiger charge is -2.13. The molecule has 2 rings (SSSR count). The number of rotatable bonds is 4. The molecule has 0 atom stereocenters. The Hall–Kier alpha value is -0.770. The zero-order chi connectivity index (χ0) is 11.4. The molecule has 1 aromatic carbocycles. The minimum Gasteiger partial charge on any atom is -0.358 e. The second kappa shape index (κ2) is 8.35. The van der Waals surface area contributed by atoms with Gasteiger partial charge in [-0.2, -0.15) is 0 Å². The second-order valence-electron chi connectivity index (χ2n) is 4.18. The van der Waals surface area contributed by atoms with Crippen LogP contribution in [0.5, 0.6) is 0 Å². The summed E-state index contributed by atoms with van der Waals surface area (Å²) < 4.78 is 0. The van der Waals surface area contributed by atoms with Gasteiger partial charge < -0.3 is 10.2 Å². The van der Waals surface area contributed by atoms with E-state index in [-0.39, 0.29) is 24.8 Å². The van der Waals surface area contributed by atoms with Crippen molar-refractivity contribution in [1.82, 2.24) is 10.2 Å². The summed E-state index contributed by atoms with van der Waals surface area (Å²) in [6, 6.07) is 8.74. The van der Waals surface area contributed by atoms with Crippen LogP contribution in [0.1, 0.15) is 11.1 Å². The van der Waals surface area contributed by atoms with E-state index in [1.807, 2.05) is 7.05 Å². The van der Waals surface area contributed by atoms with Crippen molar-refractivity contribution in [2.45, 2.75) is 6.42 Å². The quantitative estimate of drug-likeness (QED) is 0.918. The largest absolute Gasteiger partial charge is 0.358 e. The fourth-order valence-corrected chi connectivity index (χ4v) is 1.93. The number of benzene rings is 1. The van der Waals surface area contributed by atoms with Crippen molar-refractivity contribution in [2.75, 3.05) is 33.7 Å². The maximum atomic E-state index is 4.51. The fourth-order valence-electron chi connectivity index (χ4n) is 1.93. The molecule has 1 aromatic rings. The van der Waals surface area contributed by atoms with E-state index < -0.39 is 0 Å². The highest BCUT2D eigenvalue weighted by molar-refractivity contribution is 5.99. The van der Waals surface area contributed by atoms with Gasteiger partial charge in [0.05, 0.1) is 6.54 Å². The molecule has 102 valence electrons. The third-order valence-electron chi connectivity index (χ3n) is 2.93. The highest BCUT2D eigenvalue weighted by atomic mass is 35.5. The summed E-state index contributed by atoms with van der Waals surface area (Å²) in [5.74, 6) is 1.13. The Bertz CT molecular complexity index is 376. The van der Waals surface area contributed by atoms with E-state index in [0.29, 0.717) is 0 Å². The number of likely N-dealkylation sites (N-methyl/N-ethyl adjacent to an activating group) is 2. The minimum absolute atomic E-state index is 0. The van der Waals surface area contributed by atoms with Gasteiger partial charge in [-0.25, -0.2) is 0 Å². The van der Waals surface area contributed by atoms with Crippen LogP contribution in [-0.2, 0) is 6.42 Å².